The molecule has 0 saturated carbocycles. The molecular formula is C24H23ClN2O4. The van der Waals surface area contributed by atoms with Gasteiger partial charge in [-0.2, -0.15) is 5.10 Å². The van der Waals surface area contributed by atoms with Crippen molar-refractivity contribution >= 4 is 23.7 Å². The van der Waals surface area contributed by atoms with Crippen molar-refractivity contribution in [2.45, 2.75) is 13.5 Å². The molecule has 0 bridgehead atoms. The van der Waals surface area contributed by atoms with Crippen molar-refractivity contribution in [3.05, 3.63) is 88.4 Å². The van der Waals surface area contributed by atoms with Gasteiger partial charge in [0.2, 0.25) is 0 Å². The number of rotatable bonds is 9. The molecular weight excluding hydrogens is 416 g/mol. The van der Waals surface area contributed by atoms with Crippen LogP contribution in [0, 0.1) is 0 Å². The summed E-state index contributed by atoms with van der Waals surface area (Å²) in [6, 6.07) is 19.9. The fraction of sp³-hybridized carbons (Fsp3) is 0.167. The Labute approximate surface area is 186 Å². The van der Waals surface area contributed by atoms with Crippen LogP contribution >= 0.6 is 11.6 Å². The van der Waals surface area contributed by atoms with Gasteiger partial charge in [0.05, 0.1) is 19.9 Å². The van der Waals surface area contributed by atoms with Crippen LogP contribution in [-0.2, 0) is 6.61 Å². The van der Waals surface area contributed by atoms with Crippen LogP contribution in [0.4, 0.5) is 0 Å². The zero-order valence-corrected chi connectivity index (χ0v) is 18.1. The number of halogens is 1. The maximum atomic E-state index is 12.3. The summed E-state index contributed by atoms with van der Waals surface area (Å²) in [6.07, 6.45) is 1.56. The number of methoxy groups -OCH3 is 1. The molecule has 1 amide bonds. The van der Waals surface area contributed by atoms with Crippen molar-refractivity contribution in [2.75, 3.05) is 13.7 Å². The number of hydrogen-bond donors (Lipinski definition) is 1. The van der Waals surface area contributed by atoms with E-state index in [4.69, 9.17) is 25.8 Å². The molecule has 3 aromatic rings. The average molecular weight is 439 g/mol. The molecule has 31 heavy (non-hydrogen) atoms. The van der Waals surface area contributed by atoms with Crippen molar-refractivity contribution in [3.8, 4) is 17.2 Å². The summed E-state index contributed by atoms with van der Waals surface area (Å²) < 4.78 is 16.5. The molecule has 0 aliphatic carbocycles. The number of carbonyl (C=O) groups excluding carboxylic acids is 1. The van der Waals surface area contributed by atoms with Gasteiger partial charge in [-0.15, -0.1) is 0 Å². The van der Waals surface area contributed by atoms with Crippen LogP contribution in [0.25, 0.3) is 0 Å². The molecule has 0 fully saturated rings. The first kappa shape index (κ1) is 22.2. The number of carbonyl (C=O) groups is 1. The molecule has 0 radical (unpaired) electrons. The second-order valence-corrected chi connectivity index (χ2v) is 6.85. The molecule has 0 unspecified atom stereocenters. The van der Waals surface area contributed by atoms with Gasteiger partial charge in [-0.1, -0.05) is 29.8 Å². The standard InChI is InChI=1S/C24H23ClN2O4/c1-3-30-22-13-10-18(14-23(22)29-2)24(28)27-26-15-17-8-11-20(12-9-17)31-16-19-6-4-5-7-21(19)25/h4-15H,3,16H2,1-2H3,(H,27,28)/b26-15+. The fourth-order valence-corrected chi connectivity index (χ4v) is 2.93. The molecule has 0 atom stereocenters. The molecule has 6 nitrogen and oxygen atoms in total. The number of nitrogens with zero attached hydrogens (tertiary/aromatic N) is 1. The summed E-state index contributed by atoms with van der Waals surface area (Å²) in [5.41, 5.74) is 4.66. The van der Waals surface area contributed by atoms with E-state index in [9.17, 15) is 4.79 Å². The SMILES string of the molecule is CCOc1ccc(C(=O)N/N=C/c2ccc(OCc3ccccc3Cl)cc2)cc1OC. The minimum absolute atomic E-state index is 0.350. The Hall–Kier alpha value is -3.51. The average Bonchev–Trinajstić information content (AvgIpc) is 2.80. The number of ether oxygens (including phenoxy) is 3. The highest BCUT2D eigenvalue weighted by Gasteiger charge is 2.10. The third-order valence-corrected chi connectivity index (χ3v) is 4.71. The van der Waals surface area contributed by atoms with Crippen LogP contribution in [0.1, 0.15) is 28.4 Å². The van der Waals surface area contributed by atoms with Crippen molar-refractivity contribution in [2.24, 2.45) is 5.10 Å². The summed E-state index contributed by atoms with van der Waals surface area (Å²) in [5.74, 6) is 1.44. The summed E-state index contributed by atoms with van der Waals surface area (Å²) in [7, 11) is 1.53. The molecule has 3 rings (SSSR count). The third-order valence-electron chi connectivity index (χ3n) is 4.34. The highest BCUT2D eigenvalue weighted by atomic mass is 35.5. The Morgan fingerprint density at radius 1 is 1.03 bits per heavy atom. The largest absolute Gasteiger partial charge is 0.493 e. The molecule has 1 N–H and O–H groups in total. The second-order valence-electron chi connectivity index (χ2n) is 6.45. The normalized spacial score (nSPS) is 10.7. The van der Waals surface area contributed by atoms with E-state index < -0.39 is 0 Å². The lowest BCUT2D eigenvalue weighted by Crippen LogP contribution is -2.17. The van der Waals surface area contributed by atoms with Gasteiger partial charge in [-0.05, 0) is 61.0 Å². The van der Waals surface area contributed by atoms with E-state index in [-0.39, 0.29) is 5.91 Å². The highest BCUT2D eigenvalue weighted by molar-refractivity contribution is 6.31. The number of hydrogen-bond acceptors (Lipinski definition) is 5. The van der Waals surface area contributed by atoms with E-state index in [1.54, 1.807) is 24.4 Å². The highest BCUT2D eigenvalue weighted by Crippen LogP contribution is 2.28. The molecule has 0 aromatic heterocycles. The molecule has 0 aliphatic heterocycles. The van der Waals surface area contributed by atoms with Gasteiger partial charge in [0.1, 0.15) is 12.4 Å². The van der Waals surface area contributed by atoms with Gasteiger partial charge < -0.3 is 14.2 Å². The zero-order valence-electron chi connectivity index (χ0n) is 17.3. The molecule has 3 aromatic carbocycles. The third kappa shape index (κ3) is 6.23. The van der Waals surface area contributed by atoms with Gasteiger partial charge in [-0.25, -0.2) is 5.43 Å². The van der Waals surface area contributed by atoms with Gasteiger partial charge in [0.15, 0.2) is 11.5 Å². The number of amides is 1. The number of hydrazone groups is 1. The smallest absolute Gasteiger partial charge is 0.271 e. The lowest BCUT2D eigenvalue weighted by molar-refractivity contribution is 0.0954. The summed E-state index contributed by atoms with van der Waals surface area (Å²) >= 11 is 6.14. The minimum atomic E-state index is -0.350. The first-order chi connectivity index (χ1) is 15.1. The summed E-state index contributed by atoms with van der Waals surface area (Å²) in [6.45, 7) is 2.77. The fourth-order valence-electron chi connectivity index (χ4n) is 2.74. The Bertz CT molecular complexity index is 1050. The van der Waals surface area contributed by atoms with Crippen LogP contribution in [0.5, 0.6) is 17.2 Å². The van der Waals surface area contributed by atoms with E-state index in [0.717, 1.165) is 11.1 Å². The number of nitrogens with one attached hydrogen (secondary N) is 1. The first-order valence-corrected chi connectivity index (χ1v) is 10.1. The predicted octanol–water partition coefficient (Wildman–Crippen LogP) is 5.09. The Morgan fingerprint density at radius 3 is 2.52 bits per heavy atom. The topological polar surface area (TPSA) is 69.2 Å². The van der Waals surface area contributed by atoms with Gasteiger partial charge in [-0.3, -0.25) is 4.79 Å². The maximum Gasteiger partial charge on any atom is 0.271 e. The van der Waals surface area contributed by atoms with Crippen LogP contribution < -0.4 is 19.6 Å². The van der Waals surface area contributed by atoms with Crippen LogP contribution in [0.2, 0.25) is 5.02 Å². The van der Waals surface area contributed by atoms with Crippen molar-refractivity contribution in [1.82, 2.24) is 5.43 Å². The second kappa shape index (κ2) is 11.0. The molecule has 0 saturated heterocycles. The number of benzene rings is 3. The van der Waals surface area contributed by atoms with Crippen molar-refractivity contribution in [1.29, 1.82) is 0 Å². The molecule has 160 valence electrons. The van der Waals surface area contributed by atoms with Crippen molar-refractivity contribution in [3.63, 3.8) is 0 Å². The lowest BCUT2D eigenvalue weighted by Gasteiger charge is -2.10. The van der Waals surface area contributed by atoms with Gasteiger partial charge >= 0.3 is 0 Å². The minimum Gasteiger partial charge on any atom is -0.493 e. The van der Waals surface area contributed by atoms with Crippen LogP contribution in [-0.4, -0.2) is 25.8 Å². The maximum absolute atomic E-state index is 12.3. The zero-order chi connectivity index (χ0) is 22.1. The van der Waals surface area contributed by atoms with Gasteiger partial charge in [0.25, 0.3) is 5.91 Å². The molecule has 0 spiro atoms. The summed E-state index contributed by atoms with van der Waals surface area (Å²) in [4.78, 5) is 12.3. The summed E-state index contributed by atoms with van der Waals surface area (Å²) in [5, 5.41) is 4.69. The molecule has 7 heteroatoms. The Balaban J connectivity index is 1.55. The predicted molar refractivity (Wildman–Crippen MR) is 121 cm³/mol. The van der Waals surface area contributed by atoms with E-state index in [1.807, 2.05) is 55.5 Å². The van der Waals surface area contributed by atoms with E-state index >= 15 is 0 Å². The van der Waals surface area contributed by atoms with Crippen LogP contribution in [0.15, 0.2) is 71.8 Å². The van der Waals surface area contributed by atoms with Crippen molar-refractivity contribution < 1.29 is 19.0 Å². The van der Waals surface area contributed by atoms with E-state index in [2.05, 4.69) is 10.5 Å². The van der Waals surface area contributed by atoms with Gasteiger partial charge in [0, 0.05) is 16.1 Å². The molecule has 0 heterocycles. The lowest BCUT2D eigenvalue weighted by atomic mass is 10.2. The van der Waals surface area contributed by atoms with E-state index in [1.165, 1.54) is 7.11 Å². The molecule has 0 aliphatic rings. The Kier molecular flexibility index (Phi) is 7.90. The first-order valence-electron chi connectivity index (χ1n) is 9.71. The van der Waals surface area contributed by atoms with E-state index in [0.29, 0.717) is 41.0 Å². The monoisotopic (exact) mass is 438 g/mol. The quantitative estimate of drug-likeness (QED) is 0.373. The Morgan fingerprint density at radius 2 is 1.81 bits per heavy atom. The van der Waals surface area contributed by atoms with Crippen LogP contribution in [0.3, 0.4) is 0 Å².